The zero-order chi connectivity index (χ0) is 18.6. The number of H-pyrrole nitrogens is 1. The highest BCUT2D eigenvalue weighted by Crippen LogP contribution is 2.14. The molecule has 0 saturated carbocycles. The highest BCUT2D eigenvalue weighted by Gasteiger charge is 2.19. The van der Waals surface area contributed by atoms with Crippen LogP contribution in [0.1, 0.15) is 52.8 Å². The molecule has 0 aliphatic carbocycles. The number of carbonyl (C=O) groups excluding carboxylic acids is 1. The molecular formula is C17H26N4O4. The quantitative estimate of drug-likeness (QED) is 0.732. The van der Waals surface area contributed by atoms with Gasteiger partial charge in [0.05, 0.1) is 5.92 Å². The molecule has 2 heterocycles. The van der Waals surface area contributed by atoms with Gasteiger partial charge in [0.1, 0.15) is 12.4 Å². The maximum absolute atomic E-state index is 12.3. The number of aryl methyl sites for hydroxylation is 2. The molecule has 2 aromatic heterocycles. The fourth-order valence-corrected chi connectivity index (χ4v) is 2.62. The third-order valence-electron chi connectivity index (χ3n) is 3.96. The van der Waals surface area contributed by atoms with Crippen molar-refractivity contribution in [3.63, 3.8) is 0 Å². The number of aromatic nitrogens is 4. The van der Waals surface area contributed by atoms with Crippen LogP contribution in [-0.4, -0.2) is 25.1 Å². The van der Waals surface area contributed by atoms with Crippen molar-refractivity contribution in [1.82, 2.24) is 19.1 Å². The molecule has 1 N–H and O–H groups in total. The van der Waals surface area contributed by atoms with Gasteiger partial charge in [-0.05, 0) is 12.8 Å². The maximum Gasteiger partial charge on any atom is 0.330 e. The largest absolute Gasteiger partial charge is 0.457 e. The predicted octanol–water partition coefficient (Wildman–Crippen LogP) is 1.80. The number of esters is 1. The monoisotopic (exact) mass is 350 g/mol. The normalized spacial score (nSPS) is 11.4. The second-order valence-corrected chi connectivity index (χ2v) is 6.38. The van der Waals surface area contributed by atoms with Crippen molar-refractivity contribution in [3.05, 3.63) is 26.7 Å². The highest BCUT2D eigenvalue weighted by atomic mass is 16.5. The molecule has 0 atom stereocenters. The minimum absolute atomic E-state index is 0.0207. The Morgan fingerprint density at radius 1 is 1.16 bits per heavy atom. The summed E-state index contributed by atoms with van der Waals surface area (Å²) in [7, 11) is 0. The summed E-state index contributed by atoms with van der Waals surface area (Å²) in [5.41, 5.74) is -0.215. The molecule has 0 aliphatic heterocycles. The van der Waals surface area contributed by atoms with Gasteiger partial charge in [-0.15, -0.1) is 0 Å². The number of aromatic amines is 1. The Kier molecular flexibility index (Phi) is 6.17. The molecule has 0 saturated heterocycles. The average molecular weight is 350 g/mol. The molecule has 0 amide bonds. The van der Waals surface area contributed by atoms with Gasteiger partial charge in [-0.3, -0.25) is 19.1 Å². The molecule has 8 heteroatoms. The summed E-state index contributed by atoms with van der Waals surface area (Å²) < 4.78 is 8.50. The Morgan fingerprint density at radius 3 is 2.48 bits per heavy atom. The Hall–Kier alpha value is -2.38. The Balaban J connectivity index is 2.56. The van der Waals surface area contributed by atoms with Crippen LogP contribution < -0.4 is 11.2 Å². The van der Waals surface area contributed by atoms with E-state index >= 15 is 0 Å². The van der Waals surface area contributed by atoms with Crippen LogP contribution in [0, 0.1) is 5.92 Å². The first kappa shape index (κ1) is 19.0. The number of nitrogens with one attached hydrogen (secondary N) is 1. The van der Waals surface area contributed by atoms with Crippen LogP contribution in [0.5, 0.6) is 0 Å². The van der Waals surface area contributed by atoms with Gasteiger partial charge in [0, 0.05) is 13.1 Å². The average Bonchev–Trinajstić information content (AvgIpc) is 2.91. The molecule has 8 nitrogen and oxygen atoms in total. The smallest absolute Gasteiger partial charge is 0.330 e. The molecule has 0 spiro atoms. The van der Waals surface area contributed by atoms with E-state index in [9.17, 15) is 14.4 Å². The standard InChI is InChI=1S/C17H26N4O4/c1-5-7-9-21-14-13(15(22)19-17(21)24)20(8-6-2)12(18-14)10-25-16(23)11(3)4/h11H,5-10H2,1-4H3,(H,19,22,24). The fraction of sp³-hybridized carbons (Fsp3) is 0.647. The first-order chi connectivity index (χ1) is 11.9. The van der Waals surface area contributed by atoms with Crippen molar-refractivity contribution in [3.8, 4) is 0 Å². The Bertz CT molecular complexity index is 860. The van der Waals surface area contributed by atoms with E-state index in [0.717, 1.165) is 19.3 Å². The lowest BCUT2D eigenvalue weighted by molar-refractivity contribution is -0.148. The van der Waals surface area contributed by atoms with E-state index in [0.29, 0.717) is 30.1 Å². The van der Waals surface area contributed by atoms with Gasteiger partial charge in [0.15, 0.2) is 11.2 Å². The first-order valence-corrected chi connectivity index (χ1v) is 8.79. The maximum atomic E-state index is 12.3. The second-order valence-electron chi connectivity index (χ2n) is 6.38. The van der Waals surface area contributed by atoms with Gasteiger partial charge in [-0.1, -0.05) is 34.1 Å². The highest BCUT2D eigenvalue weighted by molar-refractivity contribution is 5.72. The predicted molar refractivity (Wildman–Crippen MR) is 94.4 cm³/mol. The van der Waals surface area contributed by atoms with E-state index in [1.807, 2.05) is 13.8 Å². The summed E-state index contributed by atoms with van der Waals surface area (Å²) in [5.74, 6) is -0.0882. The lowest BCUT2D eigenvalue weighted by atomic mass is 10.2. The number of ether oxygens (including phenoxy) is 1. The number of carbonyl (C=O) groups is 1. The number of hydrogen-bond donors (Lipinski definition) is 1. The molecule has 0 fully saturated rings. The molecule has 138 valence electrons. The molecule has 0 aliphatic rings. The lowest BCUT2D eigenvalue weighted by Crippen LogP contribution is -2.31. The van der Waals surface area contributed by atoms with Crippen LogP contribution >= 0.6 is 0 Å². The fourth-order valence-electron chi connectivity index (χ4n) is 2.62. The molecule has 2 aromatic rings. The van der Waals surface area contributed by atoms with E-state index in [-0.39, 0.29) is 18.5 Å². The van der Waals surface area contributed by atoms with E-state index in [4.69, 9.17) is 4.74 Å². The minimum atomic E-state index is -0.463. The van der Waals surface area contributed by atoms with E-state index < -0.39 is 11.2 Å². The Labute approximate surface area is 145 Å². The number of unbranched alkanes of at least 4 members (excludes halogenated alkanes) is 1. The van der Waals surface area contributed by atoms with E-state index in [2.05, 4.69) is 9.97 Å². The van der Waals surface area contributed by atoms with Gasteiger partial charge in [0.2, 0.25) is 0 Å². The summed E-state index contributed by atoms with van der Waals surface area (Å²) in [6, 6.07) is 0. The SMILES string of the molecule is CCCCn1c(=O)[nH]c(=O)c2c1nc(COC(=O)C(C)C)n2CCC. The van der Waals surface area contributed by atoms with Crippen LogP contribution in [0.3, 0.4) is 0 Å². The van der Waals surface area contributed by atoms with Crippen molar-refractivity contribution < 1.29 is 9.53 Å². The van der Waals surface area contributed by atoms with Gasteiger partial charge in [-0.2, -0.15) is 0 Å². The van der Waals surface area contributed by atoms with Crippen molar-refractivity contribution in [1.29, 1.82) is 0 Å². The van der Waals surface area contributed by atoms with Crippen LogP contribution in [0.25, 0.3) is 11.2 Å². The number of imidazole rings is 1. The zero-order valence-electron chi connectivity index (χ0n) is 15.3. The van der Waals surface area contributed by atoms with Crippen molar-refractivity contribution in [2.24, 2.45) is 5.92 Å². The topological polar surface area (TPSA) is 99.0 Å². The number of nitrogens with zero attached hydrogens (tertiary/aromatic N) is 3. The third kappa shape index (κ3) is 4.00. The molecule has 0 radical (unpaired) electrons. The zero-order valence-corrected chi connectivity index (χ0v) is 15.3. The van der Waals surface area contributed by atoms with Gasteiger partial charge >= 0.3 is 11.7 Å². The van der Waals surface area contributed by atoms with Crippen molar-refractivity contribution in [2.75, 3.05) is 0 Å². The van der Waals surface area contributed by atoms with Crippen LogP contribution in [0.2, 0.25) is 0 Å². The van der Waals surface area contributed by atoms with Crippen molar-refractivity contribution in [2.45, 2.75) is 66.7 Å². The minimum Gasteiger partial charge on any atom is -0.457 e. The molecule has 25 heavy (non-hydrogen) atoms. The summed E-state index contributed by atoms with van der Waals surface area (Å²) in [4.78, 5) is 43.1. The van der Waals surface area contributed by atoms with Crippen LogP contribution in [0.4, 0.5) is 0 Å². The third-order valence-corrected chi connectivity index (χ3v) is 3.96. The molecule has 0 bridgehead atoms. The first-order valence-electron chi connectivity index (χ1n) is 8.79. The van der Waals surface area contributed by atoms with E-state index in [1.165, 1.54) is 4.57 Å². The summed E-state index contributed by atoms with van der Waals surface area (Å²) in [6.45, 7) is 8.54. The summed E-state index contributed by atoms with van der Waals surface area (Å²) in [5, 5.41) is 0. The van der Waals surface area contributed by atoms with Gasteiger partial charge < -0.3 is 9.30 Å². The Morgan fingerprint density at radius 2 is 1.88 bits per heavy atom. The van der Waals surface area contributed by atoms with E-state index in [1.54, 1.807) is 18.4 Å². The summed E-state index contributed by atoms with van der Waals surface area (Å²) in [6.07, 6.45) is 2.51. The molecule has 0 unspecified atom stereocenters. The second kappa shape index (κ2) is 8.13. The summed E-state index contributed by atoms with van der Waals surface area (Å²) >= 11 is 0. The molecule has 2 rings (SSSR count). The van der Waals surface area contributed by atoms with Gasteiger partial charge in [-0.25, -0.2) is 9.78 Å². The van der Waals surface area contributed by atoms with Gasteiger partial charge in [0.25, 0.3) is 5.56 Å². The number of fused-ring (bicyclic) bond motifs is 1. The van der Waals surface area contributed by atoms with Crippen LogP contribution in [0.15, 0.2) is 9.59 Å². The van der Waals surface area contributed by atoms with Crippen LogP contribution in [-0.2, 0) is 29.2 Å². The number of rotatable bonds is 8. The number of hydrogen-bond acceptors (Lipinski definition) is 5. The van der Waals surface area contributed by atoms with Crippen molar-refractivity contribution >= 4 is 17.1 Å². The lowest BCUT2D eigenvalue weighted by Gasteiger charge is -2.09. The molecular weight excluding hydrogens is 324 g/mol. The molecule has 0 aromatic carbocycles.